The molecule has 110 valence electrons. The minimum atomic E-state index is 0. The molecule has 2 rings (SSSR count). The van der Waals surface area contributed by atoms with Crippen LogP contribution < -0.4 is 0 Å². The Balaban J connectivity index is 0.000000352. The van der Waals surface area contributed by atoms with Crippen molar-refractivity contribution in [3.63, 3.8) is 0 Å². The maximum atomic E-state index is 9.00. The molecule has 0 bridgehead atoms. The summed E-state index contributed by atoms with van der Waals surface area (Å²) in [7, 11) is 0. The molecule has 2 N–H and O–H groups in total. The average molecular weight is 266 g/mol. The van der Waals surface area contributed by atoms with Crippen LogP contribution in [-0.4, -0.2) is 22.9 Å². The van der Waals surface area contributed by atoms with E-state index in [9.17, 15) is 0 Å². The summed E-state index contributed by atoms with van der Waals surface area (Å²) in [5, 5.41) is 17.8. The molecule has 2 heteroatoms. The van der Waals surface area contributed by atoms with Gasteiger partial charge in [0.25, 0.3) is 0 Å². The standard InChI is InChI=1S/C10H14O.C6H12O.CH4/c1-9(8-11)7-10-5-3-2-4-6-10;1-5-3-2-4-6(5)7;/h2-6,9,11H,7-8H2,1H3;5-7H,2-4H2,1H3;1H4/t9-;5-,6-;/m01./s1. The highest BCUT2D eigenvalue weighted by molar-refractivity contribution is 5.14. The molecular weight excluding hydrogens is 236 g/mol. The van der Waals surface area contributed by atoms with E-state index in [-0.39, 0.29) is 20.1 Å². The summed E-state index contributed by atoms with van der Waals surface area (Å²) in [5.74, 6) is 0.942. The maximum absolute atomic E-state index is 9.00. The molecule has 0 saturated heterocycles. The summed E-state index contributed by atoms with van der Waals surface area (Å²) < 4.78 is 0. The second kappa shape index (κ2) is 9.99. The number of aliphatic hydroxyl groups excluding tert-OH is 2. The first-order chi connectivity index (χ1) is 8.63. The first kappa shape index (κ1) is 18.1. The molecule has 3 atom stereocenters. The van der Waals surface area contributed by atoms with Crippen LogP contribution in [-0.2, 0) is 6.42 Å². The molecule has 1 aliphatic rings. The second-order valence-electron chi connectivity index (χ2n) is 5.45. The summed E-state index contributed by atoms with van der Waals surface area (Å²) in [5.41, 5.74) is 1.30. The van der Waals surface area contributed by atoms with Gasteiger partial charge in [0.1, 0.15) is 0 Å². The van der Waals surface area contributed by atoms with Crippen LogP contribution in [0.25, 0.3) is 0 Å². The molecule has 0 heterocycles. The monoisotopic (exact) mass is 266 g/mol. The Morgan fingerprint density at radius 2 is 1.84 bits per heavy atom. The Morgan fingerprint density at radius 1 is 1.21 bits per heavy atom. The SMILES string of the molecule is C.C[C@@H]1CCC[C@H]1O.C[C@H](CO)Cc1ccccc1. The molecule has 0 radical (unpaired) electrons. The quantitative estimate of drug-likeness (QED) is 0.876. The zero-order valence-electron chi connectivity index (χ0n) is 11.5. The van der Waals surface area contributed by atoms with Crippen molar-refractivity contribution in [2.75, 3.05) is 6.61 Å². The summed E-state index contributed by atoms with van der Waals surface area (Å²) >= 11 is 0. The van der Waals surface area contributed by atoms with E-state index in [1.807, 2.05) is 25.1 Å². The van der Waals surface area contributed by atoms with E-state index in [1.54, 1.807) is 0 Å². The van der Waals surface area contributed by atoms with Crippen LogP contribution in [0.3, 0.4) is 0 Å². The van der Waals surface area contributed by atoms with Crippen LogP contribution in [0.1, 0.15) is 46.1 Å². The highest BCUT2D eigenvalue weighted by Gasteiger charge is 2.19. The first-order valence-electron chi connectivity index (χ1n) is 6.96. The van der Waals surface area contributed by atoms with Gasteiger partial charge in [-0.05, 0) is 36.7 Å². The maximum Gasteiger partial charge on any atom is 0.0565 e. The van der Waals surface area contributed by atoms with Crippen molar-refractivity contribution < 1.29 is 10.2 Å². The van der Waals surface area contributed by atoms with Crippen molar-refractivity contribution in [3.8, 4) is 0 Å². The fourth-order valence-electron chi connectivity index (χ4n) is 2.21. The van der Waals surface area contributed by atoms with Crippen LogP contribution in [0, 0.1) is 11.8 Å². The zero-order chi connectivity index (χ0) is 13.4. The summed E-state index contributed by atoms with van der Waals surface area (Å²) in [4.78, 5) is 0. The summed E-state index contributed by atoms with van der Waals surface area (Å²) in [6.07, 6.45) is 4.46. The molecular formula is C17H30O2. The third kappa shape index (κ3) is 7.34. The van der Waals surface area contributed by atoms with E-state index in [0.717, 1.165) is 12.8 Å². The van der Waals surface area contributed by atoms with Gasteiger partial charge in [0.15, 0.2) is 0 Å². The van der Waals surface area contributed by atoms with Crippen molar-refractivity contribution in [2.24, 2.45) is 11.8 Å². The van der Waals surface area contributed by atoms with E-state index in [2.05, 4.69) is 19.1 Å². The fourth-order valence-corrected chi connectivity index (χ4v) is 2.21. The molecule has 1 aliphatic carbocycles. The van der Waals surface area contributed by atoms with E-state index in [0.29, 0.717) is 11.8 Å². The predicted octanol–water partition coefficient (Wildman–Crippen LogP) is 3.66. The highest BCUT2D eigenvalue weighted by Crippen LogP contribution is 2.23. The Labute approximate surface area is 118 Å². The van der Waals surface area contributed by atoms with Crippen molar-refractivity contribution >= 4 is 0 Å². The van der Waals surface area contributed by atoms with Gasteiger partial charge >= 0.3 is 0 Å². The minimum Gasteiger partial charge on any atom is -0.396 e. The third-order valence-corrected chi connectivity index (χ3v) is 3.55. The van der Waals surface area contributed by atoms with Gasteiger partial charge in [0.2, 0.25) is 0 Å². The lowest BCUT2D eigenvalue weighted by Crippen LogP contribution is -2.07. The van der Waals surface area contributed by atoms with Gasteiger partial charge in [-0.3, -0.25) is 0 Å². The smallest absolute Gasteiger partial charge is 0.0565 e. The molecule has 0 aliphatic heterocycles. The molecule has 2 nitrogen and oxygen atoms in total. The van der Waals surface area contributed by atoms with Crippen molar-refractivity contribution in [3.05, 3.63) is 35.9 Å². The second-order valence-corrected chi connectivity index (χ2v) is 5.45. The Kier molecular flexibility index (Phi) is 9.54. The molecule has 1 fully saturated rings. The zero-order valence-corrected chi connectivity index (χ0v) is 11.5. The summed E-state index contributed by atoms with van der Waals surface area (Å²) in [6, 6.07) is 10.2. The van der Waals surface area contributed by atoms with Gasteiger partial charge in [-0.15, -0.1) is 0 Å². The number of aliphatic hydroxyl groups is 2. The molecule has 0 aromatic heterocycles. The predicted molar refractivity (Wildman–Crippen MR) is 82.1 cm³/mol. The molecule has 0 amide bonds. The van der Waals surface area contributed by atoms with Gasteiger partial charge in [-0.1, -0.05) is 58.0 Å². The van der Waals surface area contributed by atoms with E-state index in [4.69, 9.17) is 10.2 Å². The minimum absolute atomic E-state index is 0. The molecule has 1 aromatic rings. The Bertz CT molecular complexity index is 302. The lowest BCUT2D eigenvalue weighted by atomic mass is 10.0. The van der Waals surface area contributed by atoms with E-state index in [1.165, 1.54) is 18.4 Å². The fraction of sp³-hybridized carbons (Fsp3) is 0.647. The Morgan fingerprint density at radius 3 is 2.21 bits per heavy atom. The van der Waals surface area contributed by atoms with Crippen LogP contribution in [0.5, 0.6) is 0 Å². The van der Waals surface area contributed by atoms with E-state index < -0.39 is 0 Å². The third-order valence-electron chi connectivity index (χ3n) is 3.55. The van der Waals surface area contributed by atoms with Crippen LogP contribution in [0.2, 0.25) is 0 Å². The molecule has 0 unspecified atom stereocenters. The van der Waals surface area contributed by atoms with Crippen molar-refractivity contribution in [1.29, 1.82) is 0 Å². The van der Waals surface area contributed by atoms with Gasteiger partial charge in [0.05, 0.1) is 6.10 Å². The van der Waals surface area contributed by atoms with Crippen LogP contribution >= 0.6 is 0 Å². The molecule has 1 aromatic carbocycles. The molecule has 0 spiro atoms. The highest BCUT2D eigenvalue weighted by atomic mass is 16.3. The largest absolute Gasteiger partial charge is 0.396 e. The van der Waals surface area contributed by atoms with Crippen molar-refractivity contribution in [1.82, 2.24) is 0 Å². The number of hydrogen-bond donors (Lipinski definition) is 2. The van der Waals surface area contributed by atoms with Gasteiger partial charge in [0, 0.05) is 6.61 Å². The lowest BCUT2D eigenvalue weighted by molar-refractivity contribution is 0.141. The molecule has 1 saturated carbocycles. The van der Waals surface area contributed by atoms with Crippen LogP contribution in [0.15, 0.2) is 30.3 Å². The number of rotatable bonds is 3. The van der Waals surface area contributed by atoms with Crippen LogP contribution in [0.4, 0.5) is 0 Å². The van der Waals surface area contributed by atoms with E-state index >= 15 is 0 Å². The Hall–Kier alpha value is -0.860. The van der Waals surface area contributed by atoms with Gasteiger partial charge in [-0.25, -0.2) is 0 Å². The topological polar surface area (TPSA) is 40.5 Å². The van der Waals surface area contributed by atoms with Gasteiger partial charge < -0.3 is 10.2 Å². The lowest BCUT2D eigenvalue weighted by Gasteiger charge is -2.06. The first-order valence-corrected chi connectivity index (χ1v) is 6.96. The normalized spacial score (nSPS) is 22.9. The number of hydrogen-bond acceptors (Lipinski definition) is 2. The van der Waals surface area contributed by atoms with Gasteiger partial charge in [-0.2, -0.15) is 0 Å². The van der Waals surface area contributed by atoms with Crippen molar-refractivity contribution in [2.45, 2.75) is 53.1 Å². The molecule has 19 heavy (non-hydrogen) atoms. The average Bonchev–Trinajstić information content (AvgIpc) is 2.76. The number of benzene rings is 1. The summed E-state index contributed by atoms with van der Waals surface area (Å²) in [6.45, 7) is 4.43.